The Morgan fingerprint density at radius 2 is 1.79 bits per heavy atom. The molecule has 1 aromatic heterocycles. The SMILES string of the molecule is NC(=O)NCc1cnccc1-c1cccc(-c2ccc(Cl)c(Cl)c2)c1S(=O)(=O)N1CCNCC1. The number of aromatic nitrogens is 1. The summed E-state index contributed by atoms with van der Waals surface area (Å²) in [5.74, 6) is 0. The van der Waals surface area contributed by atoms with Gasteiger partial charge in [-0.3, -0.25) is 4.98 Å². The highest BCUT2D eigenvalue weighted by atomic mass is 35.5. The van der Waals surface area contributed by atoms with Crippen LogP contribution in [0.4, 0.5) is 4.79 Å². The highest BCUT2D eigenvalue weighted by Gasteiger charge is 2.32. The number of amides is 2. The van der Waals surface area contributed by atoms with E-state index < -0.39 is 16.1 Å². The lowest BCUT2D eigenvalue weighted by Gasteiger charge is -2.29. The first-order valence-corrected chi connectivity index (χ1v) is 12.7. The topological polar surface area (TPSA) is 117 Å². The number of rotatable bonds is 6. The van der Waals surface area contributed by atoms with Crippen LogP contribution in [-0.2, 0) is 16.6 Å². The van der Waals surface area contributed by atoms with Crippen LogP contribution >= 0.6 is 23.2 Å². The Labute approximate surface area is 208 Å². The second-order valence-corrected chi connectivity index (χ2v) is 10.4. The number of halogens is 2. The number of nitrogens with two attached hydrogens (primary N) is 1. The number of piperazine rings is 1. The van der Waals surface area contributed by atoms with E-state index in [2.05, 4.69) is 15.6 Å². The number of hydrogen-bond acceptors (Lipinski definition) is 5. The van der Waals surface area contributed by atoms with E-state index in [1.807, 2.05) is 0 Å². The second kappa shape index (κ2) is 10.3. The minimum absolute atomic E-state index is 0.0998. The van der Waals surface area contributed by atoms with Crippen molar-refractivity contribution in [2.24, 2.45) is 5.73 Å². The van der Waals surface area contributed by atoms with Gasteiger partial charge in [0.25, 0.3) is 0 Å². The number of sulfonamides is 1. The van der Waals surface area contributed by atoms with E-state index in [4.69, 9.17) is 28.9 Å². The number of nitrogens with zero attached hydrogens (tertiary/aromatic N) is 2. The molecule has 0 bridgehead atoms. The fourth-order valence-corrected chi connectivity index (χ4v) is 6.08. The van der Waals surface area contributed by atoms with Crippen LogP contribution in [0.1, 0.15) is 5.56 Å². The lowest BCUT2D eigenvalue weighted by atomic mass is 9.96. The number of hydrogen-bond donors (Lipinski definition) is 3. The van der Waals surface area contributed by atoms with E-state index in [0.29, 0.717) is 64.0 Å². The van der Waals surface area contributed by atoms with E-state index in [9.17, 15) is 13.2 Å². The first-order valence-electron chi connectivity index (χ1n) is 10.5. The number of nitrogens with one attached hydrogen (secondary N) is 2. The molecule has 0 saturated carbocycles. The van der Waals surface area contributed by atoms with Crippen molar-refractivity contribution in [3.05, 3.63) is 70.5 Å². The van der Waals surface area contributed by atoms with Gasteiger partial charge >= 0.3 is 6.03 Å². The van der Waals surface area contributed by atoms with E-state index >= 15 is 0 Å². The van der Waals surface area contributed by atoms with Crippen molar-refractivity contribution in [2.45, 2.75) is 11.4 Å². The van der Waals surface area contributed by atoms with Crippen molar-refractivity contribution in [3.8, 4) is 22.3 Å². The highest BCUT2D eigenvalue weighted by Crippen LogP contribution is 2.40. The number of carbonyl (C=O) groups is 1. The normalized spacial score (nSPS) is 14.6. The van der Waals surface area contributed by atoms with Crippen molar-refractivity contribution < 1.29 is 13.2 Å². The fourth-order valence-electron chi connectivity index (χ4n) is 3.94. The van der Waals surface area contributed by atoms with Gasteiger partial charge in [0, 0.05) is 56.2 Å². The summed E-state index contributed by atoms with van der Waals surface area (Å²) in [5.41, 5.74) is 8.12. The summed E-state index contributed by atoms with van der Waals surface area (Å²) in [5, 5.41) is 6.44. The van der Waals surface area contributed by atoms with E-state index in [0.717, 1.165) is 0 Å². The Balaban J connectivity index is 1.97. The average molecular weight is 520 g/mol. The molecule has 1 saturated heterocycles. The molecule has 3 aromatic rings. The van der Waals surface area contributed by atoms with Crippen LogP contribution in [0.5, 0.6) is 0 Å². The zero-order chi connectivity index (χ0) is 24.3. The molecule has 1 aliphatic heterocycles. The van der Waals surface area contributed by atoms with Gasteiger partial charge in [-0.2, -0.15) is 4.31 Å². The van der Waals surface area contributed by atoms with Crippen molar-refractivity contribution in [2.75, 3.05) is 26.2 Å². The maximum atomic E-state index is 14.0. The molecule has 8 nitrogen and oxygen atoms in total. The quantitative estimate of drug-likeness (QED) is 0.460. The number of primary amides is 1. The van der Waals surface area contributed by atoms with E-state index in [1.54, 1.807) is 54.9 Å². The minimum Gasteiger partial charge on any atom is -0.352 e. The predicted octanol–water partition coefficient (Wildman–Crippen LogP) is 3.48. The standard InChI is InChI=1S/C23H23Cl2N5O3S/c24-20-5-4-15(12-21(20)25)18-2-1-3-19(17-6-7-28-13-16(17)14-29-23(26)31)22(18)34(32,33)30-10-8-27-9-11-30/h1-7,12-13,27H,8-11,14H2,(H3,26,29,31). The maximum Gasteiger partial charge on any atom is 0.312 e. The Bertz CT molecular complexity index is 1330. The Morgan fingerprint density at radius 3 is 2.50 bits per heavy atom. The summed E-state index contributed by atoms with van der Waals surface area (Å²) in [6.45, 7) is 1.93. The highest BCUT2D eigenvalue weighted by molar-refractivity contribution is 7.89. The maximum absolute atomic E-state index is 14.0. The van der Waals surface area contributed by atoms with Crippen LogP contribution in [0, 0.1) is 0 Å². The third kappa shape index (κ3) is 5.03. The molecule has 1 fully saturated rings. The zero-order valence-electron chi connectivity index (χ0n) is 18.1. The molecule has 34 heavy (non-hydrogen) atoms. The first kappa shape index (κ1) is 24.4. The molecule has 0 unspecified atom stereocenters. The van der Waals surface area contributed by atoms with E-state index in [1.165, 1.54) is 4.31 Å². The average Bonchev–Trinajstić information content (AvgIpc) is 2.84. The molecule has 0 radical (unpaired) electrons. The van der Waals surface area contributed by atoms with Gasteiger partial charge in [-0.15, -0.1) is 0 Å². The van der Waals surface area contributed by atoms with Gasteiger partial charge in [-0.1, -0.05) is 47.5 Å². The van der Waals surface area contributed by atoms with Gasteiger partial charge in [0.15, 0.2) is 0 Å². The molecule has 2 amide bonds. The zero-order valence-corrected chi connectivity index (χ0v) is 20.4. The van der Waals surface area contributed by atoms with Gasteiger partial charge < -0.3 is 16.4 Å². The number of benzene rings is 2. The molecule has 11 heteroatoms. The monoisotopic (exact) mass is 519 g/mol. The van der Waals surface area contributed by atoms with Crippen molar-refractivity contribution in [3.63, 3.8) is 0 Å². The minimum atomic E-state index is -3.91. The number of pyridine rings is 1. The molecule has 2 heterocycles. The van der Waals surface area contributed by atoms with Gasteiger partial charge in [0.2, 0.25) is 10.0 Å². The third-order valence-electron chi connectivity index (χ3n) is 5.57. The van der Waals surface area contributed by atoms with Gasteiger partial charge in [0.1, 0.15) is 0 Å². The first-order chi connectivity index (χ1) is 16.3. The molecular weight excluding hydrogens is 497 g/mol. The smallest absolute Gasteiger partial charge is 0.312 e. The van der Waals surface area contributed by atoms with Crippen molar-refractivity contribution in [1.29, 1.82) is 0 Å². The molecule has 0 spiro atoms. The molecule has 4 N–H and O–H groups in total. The van der Waals surface area contributed by atoms with Crippen molar-refractivity contribution in [1.82, 2.24) is 19.9 Å². The van der Waals surface area contributed by atoms with Gasteiger partial charge in [-0.25, -0.2) is 13.2 Å². The summed E-state index contributed by atoms with van der Waals surface area (Å²) in [6, 6.07) is 11.4. The van der Waals surface area contributed by atoms with Crippen LogP contribution < -0.4 is 16.4 Å². The molecular formula is C23H23Cl2N5O3S. The van der Waals surface area contributed by atoms with Crippen LogP contribution in [0.15, 0.2) is 59.8 Å². The summed E-state index contributed by atoms with van der Waals surface area (Å²) < 4.78 is 29.6. The molecule has 2 aromatic carbocycles. The third-order valence-corrected chi connectivity index (χ3v) is 8.31. The summed E-state index contributed by atoms with van der Waals surface area (Å²) in [7, 11) is -3.91. The number of urea groups is 1. The number of carbonyl (C=O) groups excluding carboxylic acids is 1. The van der Waals surface area contributed by atoms with Crippen LogP contribution in [0.2, 0.25) is 10.0 Å². The lowest BCUT2D eigenvalue weighted by Crippen LogP contribution is -2.46. The summed E-state index contributed by atoms with van der Waals surface area (Å²) in [4.78, 5) is 15.6. The summed E-state index contributed by atoms with van der Waals surface area (Å²) >= 11 is 12.4. The molecule has 178 valence electrons. The van der Waals surface area contributed by atoms with E-state index in [-0.39, 0.29) is 11.4 Å². The van der Waals surface area contributed by atoms with Crippen LogP contribution in [0.3, 0.4) is 0 Å². The van der Waals surface area contributed by atoms with Crippen LogP contribution in [-0.4, -0.2) is 49.9 Å². The molecule has 0 atom stereocenters. The Morgan fingerprint density at radius 1 is 1.06 bits per heavy atom. The summed E-state index contributed by atoms with van der Waals surface area (Å²) in [6.07, 6.45) is 3.16. The molecule has 0 aliphatic carbocycles. The Kier molecular flexibility index (Phi) is 7.39. The van der Waals surface area contributed by atoms with Gasteiger partial charge in [-0.05, 0) is 34.9 Å². The Hall–Kier alpha value is -2.69. The lowest BCUT2D eigenvalue weighted by molar-refractivity contribution is 0.248. The molecule has 4 rings (SSSR count). The largest absolute Gasteiger partial charge is 0.352 e. The van der Waals surface area contributed by atoms with Gasteiger partial charge in [0.05, 0.1) is 14.9 Å². The second-order valence-electron chi connectivity index (χ2n) is 7.72. The predicted molar refractivity (Wildman–Crippen MR) is 133 cm³/mol. The van der Waals surface area contributed by atoms with Crippen LogP contribution in [0.25, 0.3) is 22.3 Å². The fraction of sp³-hybridized carbons (Fsp3) is 0.217. The molecule has 1 aliphatic rings. The van der Waals surface area contributed by atoms with Crippen molar-refractivity contribution >= 4 is 39.3 Å².